The fourth-order valence-electron chi connectivity index (χ4n) is 2.41. The summed E-state index contributed by atoms with van der Waals surface area (Å²) in [7, 11) is 0. The molecule has 118 valence electrons. The second kappa shape index (κ2) is 5.81. The number of furan rings is 1. The van der Waals surface area contributed by atoms with E-state index in [9.17, 15) is 9.59 Å². The third-order valence-electron chi connectivity index (χ3n) is 3.41. The molecule has 0 aliphatic carbocycles. The van der Waals surface area contributed by atoms with Gasteiger partial charge in [-0.1, -0.05) is 11.6 Å². The second-order valence-corrected chi connectivity index (χ2v) is 5.29. The maximum Gasteiger partial charge on any atom is 0.338 e. The van der Waals surface area contributed by atoms with E-state index < -0.39 is 5.97 Å². The number of fused-ring (bicyclic) bond motifs is 1. The lowest BCUT2D eigenvalue weighted by molar-refractivity contribution is 0.0528. The minimum Gasteiger partial charge on any atom is -0.472 e. The first-order valence-electron chi connectivity index (χ1n) is 6.87. The Balaban J connectivity index is 2.20. The van der Waals surface area contributed by atoms with Gasteiger partial charge in [0.05, 0.1) is 35.2 Å². The van der Waals surface area contributed by atoms with Crippen LogP contribution < -0.4 is 5.73 Å². The van der Waals surface area contributed by atoms with Gasteiger partial charge in [0.25, 0.3) is 0 Å². The first-order valence-corrected chi connectivity index (χ1v) is 7.25. The number of aromatic amines is 1. The van der Waals surface area contributed by atoms with Gasteiger partial charge in [0.2, 0.25) is 5.78 Å². The molecule has 0 radical (unpaired) electrons. The second-order valence-electron chi connectivity index (χ2n) is 4.85. The number of nitrogens with two attached hydrogens (primary N) is 1. The van der Waals surface area contributed by atoms with E-state index in [-0.39, 0.29) is 29.3 Å². The predicted octanol–water partition coefficient (Wildman–Crippen LogP) is 3.40. The summed E-state index contributed by atoms with van der Waals surface area (Å²) < 4.78 is 9.93. The average molecular weight is 333 g/mol. The van der Waals surface area contributed by atoms with E-state index in [1.807, 2.05) is 0 Å². The van der Waals surface area contributed by atoms with Gasteiger partial charge in [0, 0.05) is 10.4 Å². The molecule has 0 spiro atoms. The molecule has 3 aromatic rings. The number of benzene rings is 1. The van der Waals surface area contributed by atoms with Crippen LogP contribution in [0.2, 0.25) is 5.02 Å². The van der Waals surface area contributed by atoms with Crippen LogP contribution in [0.3, 0.4) is 0 Å². The van der Waals surface area contributed by atoms with E-state index in [0.717, 1.165) is 0 Å². The van der Waals surface area contributed by atoms with Crippen molar-refractivity contribution in [2.24, 2.45) is 0 Å². The molecule has 1 aromatic carbocycles. The minimum absolute atomic E-state index is 0.172. The largest absolute Gasteiger partial charge is 0.472 e. The number of esters is 1. The Morgan fingerprint density at radius 1 is 1.39 bits per heavy atom. The zero-order valence-corrected chi connectivity index (χ0v) is 12.9. The Bertz CT molecular complexity index is 897. The molecule has 0 saturated carbocycles. The van der Waals surface area contributed by atoms with Crippen molar-refractivity contribution in [3.05, 3.63) is 52.6 Å². The molecular formula is C16H13ClN2O4. The minimum atomic E-state index is -0.548. The standard InChI is InChI=1S/C16H13ClN2O4/c1-2-23-16(21)10-5-9(17)6-11-12(10)13(18)14(19-11)15(20)8-3-4-22-7-8/h3-7,19H,2,18H2,1H3. The van der Waals surface area contributed by atoms with Gasteiger partial charge < -0.3 is 19.9 Å². The molecule has 0 amide bonds. The van der Waals surface area contributed by atoms with Crippen molar-refractivity contribution < 1.29 is 18.7 Å². The van der Waals surface area contributed by atoms with E-state index in [1.165, 1.54) is 24.7 Å². The molecule has 0 unspecified atom stereocenters. The number of rotatable bonds is 4. The Labute approximate surface area is 136 Å². The lowest BCUT2D eigenvalue weighted by atomic mass is 10.1. The number of hydrogen-bond acceptors (Lipinski definition) is 5. The lowest BCUT2D eigenvalue weighted by Gasteiger charge is -2.05. The van der Waals surface area contributed by atoms with Crippen molar-refractivity contribution in [3.8, 4) is 0 Å². The summed E-state index contributed by atoms with van der Waals surface area (Å²) in [6.07, 6.45) is 2.72. The van der Waals surface area contributed by atoms with Crippen LogP contribution in [-0.2, 0) is 4.74 Å². The van der Waals surface area contributed by atoms with Crippen LogP contribution in [0.15, 0.2) is 35.1 Å². The van der Waals surface area contributed by atoms with Crippen LogP contribution in [0.4, 0.5) is 5.69 Å². The molecular weight excluding hydrogens is 320 g/mol. The SMILES string of the molecule is CCOC(=O)c1cc(Cl)cc2[nH]c(C(=O)c3ccoc3)c(N)c12. The van der Waals surface area contributed by atoms with Crippen molar-refractivity contribution in [2.75, 3.05) is 12.3 Å². The van der Waals surface area contributed by atoms with Crippen molar-refractivity contribution in [2.45, 2.75) is 6.92 Å². The molecule has 0 aliphatic rings. The van der Waals surface area contributed by atoms with Crippen molar-refractivity contribution >= 4 is 39.9 Å². The normalized spacial score (nSPS) is 10.9. The van der Waals surface area contributed by atoms with Crippen LogP contribution in [-0.4, -0.2) is 23.3 Å². The molecule has 3 rings (SSSR count). The number of carbonyl (C=O) groups is 2. The molecule has 7 heteroatoms. The van der Waals surface area contributed by atoms with Gasteiger partial charge in [-0.3, -0.25) is 4.79 Å². The van der Waals surface area contributed by atoms with E-state index in [4.69, 9.17) is 26.5 Å². The zero-order chi connectivity index (χ0) is 16.6. The summed E-state index contributed by atoms with van der Waals surface area (Å²) in [5.74, 6) is -0.883. The van der Waals surface area contributed by atoms with Gasteiger partial charge in [-0.15, -0.1) is 0 Å². The Hall–Kier alpha value is -2.73. The molecule has 2 aromatic heterocycles. The number of nitrogen functional groups attached to an aromatic ring is 1. The molecule has 23 heavy (non-hydrogen) atoms. The van der Waals surface area contributed by atoms with Crippen LogP contribution in [0, 0.1) is 0 Å². The molecule has 0 bridgehead atoms. The Morgan fingerprint density at radius 2 is 2.17 bits per heavy atom. The van der Waals surface area contributed by atoms with E-state index >= 15 is 0 Å². The predicted molar refractivity (Wildman–Crippen MR) is 85.8 cm³/mol. The number of anilines is 1. The van der Waals surface area contributed by atoms with E-state index in [1.54, 1.807) is 13.0 Å². The summed E-state index contributed by atoms with van der Waals surface area (Å²) in [6, 6.07) is 4.60. The number of ether oxygens (including phenoxy) is 1. The Kier molecular flexibility index (Phi) is 3.83. The molecule has 3 N–H and O–H groups in total. The summed E-state index contributed by atoms with van der Waals surface area (Å²) in [6.45, 7) is 1.92. The molecule has 0 atom stereocenters. The van der Waals surface area contributed by atoms with E-state index in [0.29, 0.717) is 21.5 Å². The van der Waals surface area contributed by atoms with Gasteiger partial charge in [0.1, 0.15) is 12.0 Å². The number of ketones is 1. The quantitative estimate of drug-likeness (QED) is 0.563. The highest BCUT2D eigenvalue weighted by molar-refractivity contribution is 6.32. The number of H-pyrrole nitrogens is 1. The van der Waals surface area contributed by atoms with Crippen molar-refractivity contribution in [3.63, 3.8) is 0 Å². The summed E-state index contributed by atoms with van der Waals surface area (Å²) in [5, 5.41) is 0.754. The third-order valence-corrected chi connectivity index (χ3v) is 3.63. The molecule has 6 nitrogen and oxygen atoms in total. The summed E-state index contributed by atoms with van der Waals surface area (Å²) in [4.78, 5) is 27.5. The Morgan fingerprint density at radius 3 is 2.83 bits per heavy atom. The summed E-state index contributed by atoms with van der Waals surface area (Å²) in [5.41, 5.74) is 7.51. The topological polar surface area (TPSA) is 98.3 Å². The van der Waals surface area contributed by atoms with Crippen LogP contribution in [0.1, 0.15) is 33.3 Å². The van der Waals surface area contributed by atoms with Gasteiger partial charge in [-0.25, -0.2) is 4.79 Å². The van der Waals surface area contributed by atoms with Gasteiger partial charge in [-0.05, 0) is 25.1 Å². The highest BCUT2D eigenvalue weighted by atomic mass is 35.5. The number of halogens is 1. The van der Waals surface area contributed by atoms with Crippen LogP contribution >= 0.6 is 11.6 Å². The highest BCUT2D eigenvalue weighted by Crippen LogP contribution is 2.32. The number of carbonyl (C=O) groups excluding carboxylic acids is 2. The first kappa shape index (κ1) is 15.2. The zero-order valence-electron chi connectivity index (χ0n) is 12.2. The molecule has 0 fully saturated rings. The fourth-order valence-corrected chi connectivity index (χ4v) is 2.63. The molecule has 0 aliphatic heterocycles. The maximum atomic E-state index is 12.5. The first-order chi connectivity index (χ1) is 11.0. The van der Waals surface area contributed by atoms with Gasteiger partial charge in [-0.2, -0.15) is 0 Å². The van der Waals surface area contributed by atoms with Crippen LogP contribution in [0.5, 0.6) is 0 Å². The van der Waals surface area contributed by atoms with E-state index in [2.05, 4.69) is 4.98 Å². The van der Waals surface area contributed by atoms with Crippen LogP contribution in [0.25, 0.3) is 10.9 Å². The average Bonchev–Trinajstić information content (AvgIpc) is 3.14. The van der Waals surface area contributed by atoms with Crippen molar-refractivity contribution in [1.29, 1.82) is 0 Å². The highest BCUT2D eigenvalue weighted by Gasteiger charge is 2.23. The number of hydrogen-bond donors (Lipinski definition) is 2. The lowest BCUT2D eigenvalue weighted by Crippen LogP contribution is -2.06. The third kappa shape index (κ3) is 2.57. The monoisotopic (exact) mass is 332 g/mol. The maximum absolute atomic E-state index is 12.5. The molecule has 2 heterocycles. The van der Waals surface area contributed by atoms with Crippen molar-refractivity contribution in [1.82, 2.24) is 4.98 Å². The fraction of sp³-hybridized carbons (Fsp3) is 0.125. The molecule has 0 saturated heterocycles. The number of aromatic nitrogens is 1. The smallest absolute Gasteiger partial charge is 0.338 e. The van der Waals surface area contributed by atoms with Gasteiger partial charge >= 0.3 is 5.97 Å². The summed E-state index contributed by atoms with van der Waals surface area (Å²) >= 11 is 6.04. The van der Waals surface area contributed by atoms with Gasteiger partial charge in [0.15, 0.2) is 0 Å². The number of nitrogens with one attached hydrogen (secondary N) is 1.